The lowest BCUT2D eigenvalue weighted by atomic mass is 9.64. The molecule has 33 heavy (non-hydrogen) atoms. The molecular weight excluding hydrogens is 441 g/mol. The maximum Gasteiger partial charge on any atom is 0.265 e. The van der Waals surface area contributed by atoms with Crippen molar-refractivity contribution in [2.45, 2.75) is 42.4 Å². The van der Waals surface area contributed by atoms with E-state index in [-0.39, 0.29) is 28.7 Å². The summed E-state index contributed by atoms with van der Waals surface area (Å²) in [5.41, 5.74) is 2.89. The first-order valence-electron chi connectivity index (χ1n) is 10.9. The van der Waals surface area contributed by atoms with Crippen LogP contribution < -0.4 is 9.46 Å². The van der Waals surface area contributed by atoms with Crippen molar-refractivity contribution >= 4 is 21.5 Å². The molecule has 1 spiro atoms. The molecule has 0 atom stereocenters. The summed E-state index contributed by atoms with van der Waals surface area (Å²) in [5.74, 6) is 0.0839. The standard InChI is InChI=1S/C26H24FNO4S/c1-32-23-9-4-5-10-24(23)33(30,31)28-19-14-18(13-17-7-2-3-8-22(17)27)20-16-25(29)26(11-6-12-26)21(20)15-19/h2-5,7-10,14-15,28H,6,11-13,16H2,1H3. The van der Waals surface area contributed by atoms with Gasteiger partial charge in [-0.15, -0.1) is 0 Å². The molecule has 0 bridgehead atoms. The highest BCUT2D eigenvalue weighted by Crippen LogP contribution is 2.52. The molecule has 0 amide bonds. The molecule has 1 fully saturated rings. The van der Waals surface area contributed by atoms with E-state index in [0.717, 1.165) is 36.0 Å². The first-order chi connectivity index (χ1) is 15.8. The summed E-state index contributed by atoms with van der Waals surface area (Å²) < 4.78 is 48.7. The molecule has 0 aromatic heterocycles. The number of methoxy groups -OCH3 is 1. The number of hydrogen-bond donors (Lipinski definition) is 1. The lowest BCUT2D eigenvalue weighted by Crippen LogP contribution is -2.39. The fourth-order valence-corrected chi connectivity index (χ4v) is 6.25. The molecule has 0 unspecified atom stereocenters. The number of halogens is 1. The molecular formula is C26H24FNO4S. The minimum absolute atomic E-state index is 0.0260. The Balaban J connectivity index is 1.60. The second kappa shape index (κ2) is 7.99. The summed E-state index contributed by atoms with van der Waals surface area (Å²) in [5, 5.41) is 0. The van der Waals surface area contributed by atoms with Gasteiger partial charge in [-0.1, -0.05) is 36.8 Å². The molecule has 3 aromatic carbocycles. The van der Waals surface area contributed by atoms with E-state index in [1.807, 2.05) is 0 Å². The third kappa shape index (κ3) is 3.60. The highest BCUT2D eigenvalue weighted by molar-refractivity contribution is 7.92. The highest BCUT2D eigenvalue weighted by atomic mass is 32.2. The van der Waals surface area contributed by atoms with Crippen LogP contribution in [0.1, 0.15) is 41.5 Å². The Kier molecular flexibility index (Phi) is 5.24. The van der Waals surface area contributed by atoms with Gasteiger partial charge in [-0.25, -0.2) is 12.8 Å². The number of fused-ring (bicyclic) bond motifs is 2. The van der Waals surface area contributed by atoms with Gasteiger partial charge in [-0.3, -0.25) is 9.52 Å². The van der Waals surface area contributed by atoms with E-state index in [9.17, 15) is 17.6 Å². The Hall–Kier alpha value is -3.19. The van der Waals surface area contributed by atoms with Crippen molar-refractivity contribution in [1.29, 1.82) is 0 Å². The number of ketones is 1. The van der Waals surface area contributed by atoms with Crippen LogP contribution in [0.25, 0.3) is 0 Å². The number of rotatable bonds is 6. The van der Waals surface area contributed by atoms with E-state index < -0.39 is 15.4 Å². The van der Waals surface area contributed by atoms with Crippen molar-refractivity contribution in [3.63, 3.8) is 0 Å². The number of sulfonamides is 1. The van der Waals surface area contributed by atoms with Crippen LogP contribution >= 0.6 is 0 Å². The fourth-order valence-electron chi connectivity index (χ4n) is 5.04. The van der Waals surface area contributed by atoms with Crippen LogP contribution in [0.3, 0.4) is 0 Å². The zero-order valence-electron chi connectivity index (χ0n) is 18.2. The van der Waals surface area contributed by atoms with Crippen molar-refractivity contribution in [3.05, 3.63) is 88.7 Å². The van der Waals surface area contributed by atoms with Gasteiger partial charge in [0, 0.05) is 18.5 Å². The molecule has 0 saturated heterocycles. The molecule has 5 nitrogen and oxygen atoms in total. The van der Waals surface area contributed by atoms with Crippen LogP contribution in [0.4, 0.5) is 10.1 Å². The zero-order chi connectivity index (χ0) is 23.2. The maximum absolute atomic E-state index is 14.4. The largest absolute Gasteiger partial charge is 0.495 e. The van der Waals surface area contributed by atoms with Gasteiger partial charge in [0.15, 0.2) is 0 Å². The SMILES string of the molecule is COc1ccccc1S(=O)(=O)Nc1cc(Cc2ccccc2F)c2c(c1)C1(CCC1)C(=O)C2. The number of nitrogens with one attached hydrogen (secondary N) is 1. The monoisotopic (exact) mass is 465 g/mol. The van der Waals surface area contributed by atoms with Crippen LogP contribution in [0.5, 0.6) is 5.75 Å². The molecule has 0 heterocycles. The molecule has 2 aliphatic rings. The topological polar surface area (TPSA) is 72.5 Å². The van der Waals surface area contributed by atoms with Gasteiger partial charge in [-0.2, -0.15) is 0 Å². The minimum atomic E-state index is -3.94. The van der Waals surface area contributed by atoms with Crippen LogP contribution in [0.2, 0.25) is 0 Å². The first-order valence-corrected chi connectivity index (χ1v) is 12.4. The average molecular weight is 466 g/mol. The van der Waals surface area contributed by atoms with Gasteiger partial charge < -0.3 is 4.74 Å². The molecule has 1 N–H and O–H groups in total. The molecule has 3 aromatic rings. The van der Waals surface area contributed by atoms with Crippen LogP contribution in [-0.2, 0) is 33.1 Å². The lowest BCUT2D eigenvalue weighted by Gasteiger charge is -2.38. The molecule has 2 aliphatic carbocycles. The number of anilines is 1. The molecule has 170 valence electrons. The Morgan fingerprint density at radius 3 is 2.45 bits per heavy atom. The summed E-state index contributed by atoms with van der Waals surface area (Å²) in [6.07, 6.45) is 3.08. The number of hydrogen-bond acceptors (Lipinski definition) is 4. The van der Waals surface area contributed by atoms with Crippen molar-refractivity contribution in [1.82, 2.24) is 0 Å². The van der Waals surface area contributed by atoms with E-state index >= 15 is 0 Å². The van der Waals surface area contributed by atoms with Crippen LogP contribution in [-0.4, -0.2) is 21.3 Å². The number of ether oxygens (including phenoxy) is 1. The number of carbonyl (C=O) groups excluding carboxylic acids is 1. The summed E-state index contributed by atoms with van der Waals surface area (Å²) >= 11 is 0. The van der Waals surface area contributed by atoms with Gasteiger partial charge in [0.2, 0.25) is 0 Å². The molecule has 0 aliphatic heterocycles. The molecule has 7 heteroatoms. The quantitative estimate of drug-likeness (QED) is 0.569. The first kappa shape index (κ1) is 21.6. The Labute approximate surface area is 192 Å². The average Bonchev–Trinajstić information content (AvgIpc) is 3.07. The molecule has 0 radical (unpaired) electrons. The van der Waals surface area contributed by atoms with E-state index in [1.54, 1.807) is 48.5 Å². The van der Waals surface area contributed by atoms with Crippen molar-refractivity contribution in [3.8, 4) is 5.75 Å². The van der Waals surface area contributed by atoms with Crippen LogP contribution in [0.15, 0.2) is 65.6 Å². The van der Waals surface area contributed by atoms with Crippen molar-refractivity contribution < 1.29 is 22.3 Å². The molecule has 1 saturated carbocycles. The van der Waals surface area contributed by atoms with E-state index in [0.29, 0.717) is 17.7 Å². The Bertz CT molecular complexity index is 1360. The van der Waals surface area contributed by atoms with Crippen molar-refractivity contribution in [2.75, 3.05) is 11.8 Å². The zero-order valence-corrected chi connectivity index (χ0v) is 19.0. The smallest absolute Gasteiger partial charge is 0.265 e. The van der Waals surface area contributed by atoms with Crippen molar-refractivity contribution in [2.24, 2.45) is 0 Å². The van der Waals surface area contributed by atoms with Gasteiger partial charge in [0.1, 0.15) is 22.2 Å². The summed E-state index contributed by atoms with van der Waals surface area (Å²) in [7, 11) is -2.53. The summed E-state index contributed by atoms with van der Waals surface area (Å²) in [6.45, 7) is 0. The number of carbonyl (C=O) groups is 1. The predicted octanol–water partition coefficient (Wildman–Crippen LogP) is 4.77. The van der Waals surface area contributed by atoms with E-state index in [4.69, 9.17) is 4.74 Å². The van der Waals surface area contributed by atoms with Gasteiger partial charge in [0.25, 0.3) is 10.0 Å². The predicted molar refractivity (Wildman–Crippen MR) is 124 cm³/mol. The summed E-state index contributed by atoms with van der Waals surface area (Å²) in [4.78, 5) is 13.0. The summed E-state index contributed by atoms with van der Waals surface area (Å²) in [6, 6.07) is 16.4. The lowest BCUT2D eigenvalue weighted by molar-refractivity contribution is -0.125. The number of benzene rings is 3. The third-order valence-corrected chi connectivity index (χ3v) is 8.31. The normalized spacial score (nSPS) is 16.4. The van der Waals surface area contributed by atoms with E-state index in [2.05, 4.69) is 4.72 Å². The fraction of sp³-hybridized carbons (Fsp3) is 0.269. The maximum atomic E-state index is 14.4. The third-order valence-electron chi connectivity index (χ3n) is 6.89. The molecule has 5 rings (SSSR count). The van der Waals surface area contributed by atoms with Crippen LogP contribution in [0, 0.1) is 5.82 Å². The minimum Gasteiger partial charge on any atom is -0.495 e. The van der Waals surface area contributed by atoms with Gasteiger partial charge >= 0.3 is 0 Å². The highest BCUT2D eigenvalue weighted by Gasteiger charge is 2.51. The van der Waals surface area contributed by atoms with Gasteiger partial charge in [0.05, 0.1) is 12.5 Å². The second-order valence-electron chi connectivity index (χ2n) is 8.72. The van der Waals surface area contributed by atoms with Gasteiger partial charge in [-0.05, 0) is 65.4 Å². The Morgan fingerprint density at radius 1 is 1.03 bits per heavy atom. The number of para-hydroxylation sites is 1. The second-order valence-corrected chi connectivity index (χ2v) is 10.4. The number of Topliss-reactive ketones (excluding diaryl/α,β-unsaturated/α-hetero) is 1. The Morgan fingerprint density at radius 2 is 1.76 bits per heavy atom. The van der Waals surface area contributed by atoms with E-state index in [1.165, 1.54) is 19.2 Å².